The fourth-order valence-corrected chi connectivity index (χ4v) is 1.93. The van der Waals surface area contributed by atoms with Crippen LogP contribution in [0.3, 0.4) is 0 Å². The minimum absolute atomic E-state index is 0.474. The van der Waals surface area contributed by atoms with Crippen LogP contribution in [-0.4, -0.2) is 27.7 Å². The predicted molar refractivity (Wildman–Crippen MR) is 69.5 cm³/mol. The molecule has 0 aliphatic heterocycles. The summed E-state index contributed by atoms with van der Waals surface area (Å²) >= 11 is 5.91. The van der Waals surface area contributed by atoms with Gasteiger partial charge in [-0.3, -0.25) is 0 Å². The van der Waals surface area contributed by atoms with Crippen LogP contribution in [-0.2, 0) is 16.5 Å². The van der Waals surface area contributed by atoms with E-state index < -0.39 is 6.29 Å². The first kappa shape index (κ1) is 13.3. The van der Waals surface area contributed by atoms with Crippen molar-refractivity contribution in [2.45, 2.75) is 20.1 Å². The SMILES string of the molecule is CCOC(OCC)c1nc2cc(Cl)cnc2n1C. The summed E-state index contributed by atoms with van der Waals surface area (Å²) in [4.78, 5) is 8.74. The van der Waals surface area contributed by atoms with Gasteiger partial charge in [-0.15, -0.1) is 0 Å². The van der Waals surface area contributed by atoms with Crippen LogP contribution in [0.25, 0.3) is 11.2 Å². The Bertz CT molecular complexity index is 535. The van der Waals surface area contributed by atoms with Crippen LogP contribution >= 0.6 is 11.6 Å². The molecule has 2 heterocycles. The van der Waals surface area contributed by atoms with Crippen molar-refractivity contribution >= 4 is 22.8 Å². The first-order valence-corrected chi connectivity index (χ1v) is 6.26. The van der Waals surface area contributed by atoms with E-state index in [1.165, 1.54) is 0 Å². The molecule has 0 spiro atoms. The number of hydrogen-bond acceptors (Lipinski definition) is 4. The van der Waals surface area contributed by atoms with Crippen molar-refractivity contribution in [1.82, 2.24) is 14.5 Å². The fourth-order valence-electron chi connectivity index (χ4n) is 1.78. The number of hydrogen-bond donors (Lipinski definition) is 0. The molecule has 2 aromatic rings. The second-order valence-electron chi connectivity index (χ2n) is 3.77. The third-order valence-corrected chi connectivity index (χ3v) is 2.76. The zero-order valence-electron chi connectivity index (χ0n) is 10.7. The maximum absolute atomic E-state index is 5.91. The topological polar surface area (TPSA) is 49.2 Å². The molecule has 2 rings (SSSR count). The number of nitrogens with zero attached hydrogens (tertiary/aromatic N) is 3. The monoisotopic (exact) mass is 269 g/mol. The number of ether oxygens (including phenoxy) is 2. The fraction of sp³-hybridized carbons (Fsp3) is 0.500. The van der Waals surface area contributed by atoms with Crippen LogP contribution in [0, 0.1) is 0 Å². The Morgan fingerprint density at radius 3 is 2.61 bits per heavy atom. The number of rotatable bonds is 5. The minimum atomic E-state index is -0.474. The molecule has 6 heteroatoms. The number of aromatic nitrogens is 3. The molecule has 2 aromatic heterocycles. The van der Waals surface area contributed by atoms with E-state index in [1.807, 2.05) is 25.5 Å². The van der Waals surface area contributed by atoms with Crippen molar-refractivity contribution in [2.75, 3.05) is 13.2 Å². The molecule has 98 valence electrons. The summed E-state index contributed by atoms with van der Waals surface area (Å²) < 4.78 is 12.9. The maximum Gasteiger partial charge on any atom is 0.217 e. The quantitative estimate of drug-likeness (QED) is 0.783. The summed E-state index contributed by atoms with van der Waals surface area (Å²) in [7, 11) is 1.89. The third-order valence-electron chi connectivity index (χ3n) is 2.56. The molecule has 0 aliphatic rings. The van der Waals surface area contributed by atoms with Gasteiger partial charge in [-0.2, -0.15) is 0 Å². The molecule has 0 atom stereocenters. The second-order valence-corrected chi connectivity index (χ2v) is 4.20. The van der Waals surface area contributed by atoms with E-state index in [9.17, 15) is 0 Å². The van der Waals surface area contributed by atoms with Crippen LogP contribution in [0.4, 0.5) is 0 Å². The van der Waals surface area contributed by atoms with Gasteiger partial charge in [0.05, 0.1) is 5.02 Å². The van der Waals surface area contributed by atoms with E-state index in [2.05, 4.69) is 9.97 Å². The molecule has 0 saturated heterocycles. The summed E-state index contributed by atoms with van der Waals surface area (Å²) in [5.74, 6) is 0.698. The average molecular weight is 270 g/mol. The molecular formula is C12H16ClN3O2. The standard InChI is InChI=1S/C12H16ClN3O2/c1-4-17-12(18-5-2)11-15-9-6-8(13)7-14-10(9)16(11)3/h6-7,12H,4-5H2,1-3H3. The van der Waals surface area contributed by atoms with Crippen LogP contribution in [0.15, 0.2) is 12.3 Å². The van der Waals surface area contributed by atoms with Gasteiger partial charge in [0.15, 0.2) is 11.5 Å². The summed E-state index contributed by atoms with van der Waals surface area (Å²) in [6, 6.07) is 1.78. The molecule has 18 heavy (non-hydrogen) atoms. The third kappa shape index (κ3) is 2.48. The van der Waals surface area contributed by atoms with Gasteiger partial charge in [0.25, 0.3) is 0 Å². The number of pyridine rings is 1. The smallest absolute Gasteiger partial charge is 0.217 e. The highest BCUT2D eigenvalue weighted by atomic mass is 35.5. The van der Waals surface area contributed by atoms with Gasteiger partial charge >= 0.3 is 0 Å². The largest absolute Gasteiger partial charge is 0.346 e. The van der Waals surface area contributed by atoms with E-state index >= 15 is 0 Å². The summed E-state index contributed by atoms with van der Waals surface area (Å²) in [5, 5.41) is 0.566. The highest BCUT2D eigenvalue weighted by Gasteiger charge is 2.19. The van der Waals surface area contributed by atoms with Crippen molar-refractivity contribution in [3.63, 3.8) is 0 Å². The highest BCUT2D eigenvalue weighted by molar-refractivity contribution is 6.31. The van der Waals surface area contributed by atoms with Gasteiger partial charge in [0, 0.05) is 26.5 Å². The molecule has 0 radical (unpaired) electrons. The van der Waals surface area contributed by atoms with E-state index in [1.54, 1.807) is 12.3 Å². The molecule has 0 aromatic carbocycles. The van der Waals surface area contributed by atoms with E-state index in [0.717, 1.165) is 11.2 Å². The average Bonchev–Trinajstić information content (AvgIpc) is 2.66. The van der Waals surface area contributed by atoms with E-state index in [0.29, 0.717) is 24.1 Å². The zero-order chi connectivity index (χ0) is 13.1. The molecule has 0 N–H and O–H groups in total. The molecule has 0 aliphatic carbocycles. The molecule has 0 amide bonds. The van der Waals surface area contributed by atoms with Crippen LogP contribution in [0.5, 0.6) is 0 Å². The van der Waals surface area contributed by atoms with Crippen LogP contribution in [0.2, 0.25) is 5.02 Å². The Morgan fingerprint density at radius 1 is 1.33 bits per heavy atom. The molecule has 0 saturated carbocycles. The zero-order valence-corrected chi connectivity index (χ0v) is 11.4. The normalized spacial score (nSPS) is 11.6. The molecule has 0 bridgehead atoms. The summed E-state index contributed by atoms with van der Waals surface area (Å²) in [5.41, 5.74) is 1.50. The van der Waals surface area contributed by atoms with Crippen molar-refractivity contribution < 1.29 is 9.47 Å². The number of fused-ring (bicyclic) bond motifs is 1. The Morgan fingerprint density at radius 2 is 2.00 bits per heavy atom. The number of aryl methyl sites for hydroxylation is 1. The lowest BCUT2D eigenvalue weighted by molar-refractivity contribution is -0.146. The van der Waals surface area contributed by atoms with Crippen molar-refractivity contribution in [2.24, 2.45) is 7.05 Å². The Labute approximate surface area is 111 Å². The van der Waals surface area contributed by atoms with Gasteiger partial charge in [-0.25, -0.2) is 9.97 Å². The van der Waals surface area contributed by atoms with Gasteiger partial charge < -0.3 is 14.0 Å². The van der Waals surface area contributed by atoms with Crippen LogP contribution in [0.1, 0.15) is 26.0 Å². The lowest BCUT2D eigenvalue weighted by Gasteiger charge is -2.16. The van der Waals surface area contributed by atoms with Gasteiger partial charge in [0.1, 0.15) is 5.52 Å². The first-order chi connectivity index (χ1) is 8.67. The second kappa shape index (κ2) is 5.65. The Kier molecular flexibility index (Phi) is 4.16. The minimum Gasteiger partial charge on any atom is -0.346 e. The van der Waals surface area contributed by atoms with E-state index in [4.69, 9.17) is 21.1 Å². The maximum atomic E-state index is 5.91. The summed E-state index contributed by atoms with van der Waals surface area (Å²) in [6.07, 6.45) is 1.13. The van der Waals surface area contributed by atoms with Gasteiger partial charge in [-0.1, -0.05) is 11.6 Å². The predicted octanol–water partition coefficient (Wildman–Crippen LogP) is 2.69. The van der Waals surface area contributed by atoms with Gasteiger partial charge in [0.2, 0.25) is 6.29 Å². The van der Waals surface area contributed by atoms with Crippen LogP contribution < -0.4 is 0 Å². The number of imidazole rings is 1. The Balaban J connectivity index is 2.45. The lowest BCUT2D eigenvalue weighted by Crippen LogP contribution is -2.13. The molecule has 5 nitrogen and oxygen atoms in total. The molecule has 0 unspecified atom stereocenters. The highest BCUT2D eigenvalue weighted by Crippen LogP contribution is 2.23. The van der Waals surface area contributed by atoms with Gasteiger partial charge in [-0.05, 0) is 19.9 Å². The van der Waals surface area contributed by atoms with Crippen molar-refractivity contribution in [3.05, 3.63) is 23.1 Å². The first-order valence-electron chi connectivity index (χ1n) is 5.88. The van der Waals surface area contributed by atoms with Crippen molar-refractivity contribution in [3.8, 4) is 0 Å². The van der Waals surface area contributed by atoms with E-state index in [-0.39, 0.29) is 0 Å². The number of halogens is 1. The van der Waals surface area contributed by atoms with Crippen molar-refractivity contribution in [1.29, 1.82) is 0 Å². The summed E-state index contributed by atoms with van der Waals surface area (Å²) in [6.45, 7) is 4.96. The lowest BCUT2D eigenvalue weighted by atomic mass is 10.4. The Hall–Kier alpha value is -1.17. The molecular weight excluding hydrogens is 254 g/mol. The molecule has 0 fully saturated rings.